The molecule has 0 spiro atoms. The maximum absolute atomic E-state index is 13.6. The molecule has 4 heteroatoms. The highest BCUT2D eigenvalue weighted by Crippen LogP contribution is 2.22. The first-order valence-corrected chi connectivity index (χ1v) is 8.46. The maximum atomic E-state index is 13.6. The van der Waals surface area contributed by atoms with Gasteiger partial charge in [0.1, 0.15) is 5.82 Å². The van der Waals surface area contributed by atoms with E-state index in [9.17, 15) is 14.3 Å². The molecule has 26 heavy (non-hydrogen) atoms. The summed E-state index contributed by atoms with van der Waals surface area (Å²) in [6.07, 6.45) is 1.58. The van der Waals surface area contributed by atoms with Gasteiger partial charge in [0.25, 0.3) is 0 Å². The van der Waals surface area contributed by atoms with Gasteiger partial charge in [0, 0.05) is 5.69 Å². The van der Waals surface area contributed by atoms with Gasteiger partial charge in [-0.1, -0.05) is 36.4 Å². The zero-order chi connectivity index (χ0) is 18.5. The van der Waals surface area contributed by atoms with Gasteiger partial charge in [0.05, 0.1) is 11.3 Å². The van der Waals surface area contributed by atoms with Gasteiger partial charge in [0.2, 0.25) is 0 Å². The molecule has 3 aromatic carbocycles. The van der Waals surface area contributed by atoms with Gasteiger partial charge in [-0.15, -0.1) is 0 Å². The summed E-state index contributed by atoms with van der Waals surface area (Å²) in [5.41, 5.74) is 4.39. The molecule has 0 saturated heterocycles. The average molecular weight is 349 g/mol. The minimum absolute atomic E-state index is 0.167. The number of halogens is 1. The summed E-state index contributed by atoms with van der Waals surface area (Å²) in [7, 11) is 0. The molecule has 3 nitrogen and oxygen atoms in total. The number of carboxylic acids is 1. The Morgan fingerprint density at radius 1 is 0.962 bits per heavy atom. The van der Waals surface area contributed by atoms with E-state index in [1.807, 2.05) is 30.3 Å². The van der Waals surface area contributed by atoms with Crippen LogP contribution in [0.3, 0.4) is 0 Å². The third-order valence-electron chi connectivity index (χ3n) is 4.33. The first-order valence-electron chi connectivity index (χ1n) is 8.46. The normalized spacial score (nSPS) is 10.5. The van der Waals surface area contributed by atoms with E-state index in [2.05, 4.69) is 5.32 Å². The van der Waals surface area contributed by atoms with Crippen molar-refractivity contribution in [2.24, 2.45) is 0 Å². The summed E-state index contributed by atoms with van der Waals surface area (Å²) < 4.78 is 13.6. The zero-order valence-corrected chi connectivity index (χ0v) is 14.5. The fourth-order valence-corrected chi connectivity index (χ4v) is 2.77. The largest absolute Gasteiger partial charge is 0.478 e. The van der Waals surface area contributed by atoms with Crippen molar-refractivity contribution in [2.75, 3.05) is 5.32 Å². The van der Waals surface area contributed by atoms with Gasteiger partial charge in [-0.2, -0.15) is 0 Å². The van der Waals surface area contributed by atoms with Crippen LogP contribution in [0, 0.1) is 12.7 Å². The van der Waals surface area contributed by atoms with E-state index in [1.54, 1.807) is 43.3 Å². The second kappa shape index (κ2) is 7.83. The van der Waals surface area contributed by atoms with Crippen molar-refractivity contribution in [2.45, 2.75) is 19.8 Å². The molecule has 0 heterocycles. The van der Waals surface area contributed by atoms with Crippen LogP contribution in [-0.2, 0) is 12.8 Å². The maximum Gasteiger partial charge on any atom is 0.337 e. The lowest BCUT2D eigenvalue weighted by Gasteiger charge is -2.10. The molecule has 0 atom stereocenters. The molecule has 2 N–H and O–H groups in total. The molecule has 132 valence electrons. The van der Waals surface area contributed by atoms with Crippen molar-refractivity contribution in [1.29, 1.82) is 0 Å². The van der Waals surface area contributed by atoms with Crippen LogP contribution in [0.5, 0.6) is 0 Å². The van der Waals surface area contributed by atoms with E-state index >= 15 is 0 Å². The predicted molar refractivity (Wildman–Crippen MR) is 102 cm³/mol. The lowest BCUT2D eigenvalue weighted by molar-refractivity contribution is 0.0698. The number of rotatable bonds is 6. The van der Waals surface area contributed by atoms with Gasteiger partial charge >= 0.3 is 5.97 Å². The third-order valence-corrected chi connectivity index (χ3v) is 4.33. The van der Waals surface area contributed by atoms with E-state index in [4.69, 9.17) is 0 Å². The number of hydrogen-bond donors (Lipinski definition) is 2. The molecule has 0 bridgehead atoms. The van der Waals surface area contributed by atoms with Crippen molar-refractivity contribution in [3.8, 4) is 0 Å². The van der Waals surface area contributed by atoms with E-state index in [0.29, 0.717) is 11.3 Å². The summed E-state index contributed by atoms with van der Waals surface area (Å²) in [6.45, 7) is 1.76. The Labute approximate surface area is 152 Å². The first kappa shape index (κ1) is 17.7. The smallest absolute Gasteiger partial charge is 0.337 e. The van der Waals surface area contributed by atoms with E-state index < -0.39 is 5.97 Å². The lowest BCUT2D eigenvalue weighted by Crippen LogP contribution is -2.02. The summed E-state index contributed by atoms with van der Waals surface area (Å²) in [6, 6.07) is 20.0. The SMILES string of the molecule is Cc1ccc(CCc2ccc(Nc3ccccc3C(=O)O)cc2)cc1F. The molecule has 0 unspecified atom stereocenters. The number of benzene rings is 3. The molecule has 3 aromatic rings. The quantitative estimate of drug-likeness (QED) is 0.630. The average Bonchev–Trinajstić information content (AvgIpc) is 2.64. The highest BCUT2D eigenvalue weighted by molar-refractivity contribution is 5.95. The van der Waals surface area contributed by atoms with Gasteiger partial charge in [0.15, 0.2) is 0 Å². The van der Waals surface area contributed by atoms with Crippen LogP contribution in [-0.4, -0.2) is 11.1 Å². The molecule has 0 aliphatic carbocycles. The number of aromatic carboxylic acids is 1. The first-order chi connectivity index (χ1) is 12.5. The molecule has 0 amide bonds. The van der Waals surface area contributed by atoms with Crippen molar-refractivity contribution in [3.05, 3.63) is 94.8 Å². The van der Waals surface area contributed by atoms with Crippen LogP contribution in [0.2, 0.25) is 0 Å². The Morgan fingerprint density at radius 2 is 1.62 bits per heavy atom. The number of aryl methyl sites for hydroxylation is 3. The van der Waals surface area contributed by atoms with Crippen molar-refractivity contribution >= 4 is 17.3 Å². The van der Waals surface area contributed by atoms with E-state index in [0.717, 1.165) is 29.7 Å². The molecular formula is C22H20FNO2. The molecule has 0 fully saturated rings. The predicted octanol–water partition coefficient (Wildman–Crippen LogP) is 5.36. The second-order valence-corrected chi connectivity index (χ2v) is 6.26. The van der Waals surface area contributed by atoms with Crippen molar-refractivity contribution < 1.29 is 14.3 Å². The van der Waals surface area contributed by atoms with Crippen LogP contribution in [0.1, 0.15) is 27.0 Å². The Morgan fingerprint density at radius 3 is 2.31 bits per heavy atom. The topological polar surface area (TPSA) is 49.3 Å². The highest BCUT2D eigenvalue weighted by atomic mass is 19.1. The van der Waals surface area contributed by atoms with E-state index in [-0.39, 0.29) is 11.4 Å². The van der Waals surface area contributed by atoms with Crippen molar-refractivity contribution in [1.82, 2.24) is 0 Å². The molecule has 0 aliphatic rings. The number of anilines is 2. The summed E-state index contributed by atoms with van der Waals surface area (Å²) in [5.74, 6) is -1.13. The van der Waals surface area contributed by atoms with Crippen LogP contribution < -0.4 is 5.32 Å². The third kappa shape index (κ3) is 4.28. The molecule has 3 rings (SSSR count). The Hall–Kier alpha value is -3.14. The van der Waals surface area contributed by atoms with Crippen molar-refractivity contribution in [3.63, 3.8) is 0 Å². The summed E-state index contributed by atoms with van der Waals surface area (Å²) in [4.78, 5) is 11.3. The molecule has 0 aromatic heterocycles. The van der Waals surface area contributed by atoms with Gasteiger partial charge < -0.3 is 10.4 Å². The number of para-hydroxylation sites is 1. The minimum atomic E-state index is -0.963. The van der Waals surface area contributed by atoms with Gasteiger partial charge in [-0.05, 0) is 66.8 Å². The van der Waals surface area contributed by atoms with E-state index in [1.165, 1.54) is 0 Å². The Bertz CT molecular complexity index is 920. The van der Waals surface area contributed by atoms with Crippen LogP contribution in [0.25, 0.3) is 0 Å². The Balaban J connectivity index is 1.65. The summed E-state index contributed by atoms with van der Waals surface area (Å²) >= 11 is 0. The number of nitrogens with one attached hydrogen (secondary N) is 1. The monoisotopic (exact) mass is 349 g/mol. The minimum Gasteiger partial charge on any atom is -0.478 e. The van der Waals surface area contributed by atoms with Gasteiger partial charge in [-0.3, -0.25) is 0 Å². The number of hydrogen-bond acceptors (Lipinski definition) is 2. The standard InChI is InChI=1S/C22H20FNO2/c1-15-6-7-17(14-20(15)23)9-8-16-10-12-18(13-11-16)24-21-5-3-2-4-19(21)22(25)26/h2-7,10-14,24H,8-9H2,1H3,(H,25,26). The lowest BCUT2D eigenvalue weighted by atomic mass is 10.0. The van der Waals surface area contributed by atoms with Crippen LogP contribution >= 0.6 is 0 Å². The Kier molecular flexibility index (Phi) is 5.32. The van der Waals surface area contributed by atoms with Gasteiger partial charge in [-0.25, -0.2) is 9.18 Å². The zero-order valence-electron chi connectivity index (χ0n) is 14.5. The molecule has 0 radical (unpaired) electrons. The molecule has 0 aliphatic heterocycles. The van der Waals surface area contributed by atoms with Crippen LogP contribution in [0.15, 0.2) is 66.7 Å². The molecule has 0 saturated carbocycles. The highest BCUT2D eigenvalue weighted by Gasteiger charge is 2.09. The molecular weight excluding hydrogens is 329 g/mol. The summed E-state index contributed by atoms with van der Waals surface area (Å²) in [5, 5.41) is 12.4. The fraction of sp³-hybridized carbons (Fsp3) is 0.136. The second-order valence-electron chi connectivity index (χ2n) is 6.26. The van der Waals surface area contributed by atoms with Crippen LogP contribution in [0.4, 0.5) is 15.8 Å². The number of carboxylic acid groups (broad SMARTS) is 1. The number of carbonyl (C=O) groups is 1. The fourth-order valence-electron chi connectivity index (χ4n) is 2.77.